The molecule has 1 heterocycles. The first kappa shape index (κ1) is 9.76. The molecule has 0 fully saturated rings. The van der Waals surface area contributed by atoms with Crippen molar-refractivity contribution >= 4 is 0 Å². The van der Waals surface area contributed by atoms with Gasteiger partial charge in [0.05, 0.1) is 0 Å². The van der Waals surface area contributed by atoms with Gasteiger partial charge >= 0.3 is 0 Å². The third-order valence-electron chi connectivity index (χ3n) is 1.94. The number of rotatable bonds is 1. The summed E-state index contributed by atoms with van der Waals surface area (Å²) >= 11 is 0. The molecule has 0 saturated carbocycles. The second-order valence-corrected chi connectivity index (χ2v) is 3.05. The Labute approximate surface area is 83.3 Å². The molecule has 0 N–H and O–H groups in total. The van der Waals surface area contributed by atoms with Gasteiger partial charge in [0.2, 0.25) is 0 Å². The zero-order valence-corrected chi connectivity index (χ0v) is 7.72. The van der Waals surface area contributed by atoms with Gasteiger partial charge < -0.3 is 4.52 Å². The summed E-state index contributed by atoms with van der Waals surface area (Å²) < 4.78 is 43.5. The van der Waals surface area contributed by atoms with Crippen molar-refractivity contribution in [1.82, 2.24) is 5.16 Å². The van der Waals surface area contributed by atoms with Gasteiger partial charge in [-0.15, -0.1) is 0 Å². The highest BCUT2D eigenvalue weighted by atomic mass is 19.2. The molecule has 0 unspecified atom stereocenters. The zero-order chi connectivity index (χ0) is 11.0. The van der Waals surface area contributed by atoms with Gasteiger partial charge in [0, 0.05) is 11.6 Å². The van der Waals surface area contributed by atoms with Crippen LogP contribution in [-0.2, 0) is 0 Å². The Morgan fingerprint density at radius 3 is 2.47 bits per heavy atom. The predicted molar refractivity (Wildman–Crippen MR) is 46.6 cm³/mol. The fourth-order valence-corrected chi connectivity index (χ4v) is 1.22. The van der Waals surface area contributed by atoms with Gasteiger partial charge in [-0.1, -0.05) is 5.16 Å². The van der Waals surface area contributed by atoms with E-state index in [0.29, 0.717) is 5.76 Å². The van der Waals surface area contributed by atoms with Crippen molar-refractivity contribution in [3.63, 3.8) is 0 Å². The smallest absolute Gasteiger partial charge is 0.195 e. The number of hydrogen-bond acceptors (Lipinski definition) is 2. The highest BCUT2D eigenvalue weighted by molar-refractivity contribution is 5.59. The Hall–Kier alpha value is -1.78. The first-order valence-electron chi connectivity index (χ1n) is 4.17. The Morgan fingerprint density at radius 2 is 1.87 bits per heavy atom. The summed E-state index contributed by atoms with van der Waals surface area (Å²) in [6.07, 6.45) is 0. The molecule has 15 heavy (non-hydrogen) atoms. The molecule has 0 saturated heterocycles. The van der Waals surface area contributed by atoms with E-state index in [2.05, 4.69) is 5.16 Å². The summed E-state index contributed by atoms with van der Waals surface area (Å²) in [5.41, 5.74) is 0.0228. The van der Waals surface area contributed by atoms with E-state index in [1.54, 1.807) is 6.92 Å². The lowest BCUT2D eigenvalue weighted by Crippen LogP contribution is -1.93. The van der Waals surface area contributed by atoms with Gasteiger partial charge in [-0.3, -0.25) is 0 Å². The maximum absolute atomic E-state index is 13.3. The lowest BCUT2D eigenvalue weighted by Gasteiger charge is -1.99. The minimum absolute atomic E-state index is 0.120. The van der Waals surface area contributed by atoms with Crippen LogP contribution < -0.4 is 0 Å². The van der Waals surface area contributed by atoms with Gasteiger partial charge in [-0.05, 0) is 19.1 Å². The summed E-state index contributed by atoms with van der Waals surface area (Å²) in [6, 6.07) is 3.40. The molecular formula is C10H6F3NO. The normalized spacial score (nSPS) is 10.7. The van der Waals surface area contributed by atoms with Crippen molar-refractivity contribution in [1.29, 1.82) is 0 Å². The van der Waals surface area contributed by atoms with E-state index in [4.69, 9.17) is 4.52 Å². The Bertz CT molecular complexity index is 507. The molecule has 2 nitrogen and oxygen atoms in total. The number of hydrogen-bond donors (Lipinski definition) is 0. The van der Waals surface area contributed by atoms with Crippen LogP contribution in [0.4, 0.5) is 13.2 Å². The Kier molecular flexibility index (Phi) is 2.22. The van der Waals surface area contributed by atoms with Crippen LogP contribution in [0.1, 0.15) is 5.76 Å². The van der Waals surface area contributed by atoms with E-state index >= 15 is 0 Å². The average molecular weight is 213 g/mol. The lowest BCUT2D eigenvalue weighted by molar-refractivity contribution is 0.398. The van der Waals surface area contributed by atoms with Crippen LogP contribution in [0.5, 0.6) is 0 Å². The highest BCUT2D eigenvalue weighted by Crippen LogP contribution is 2.25. The third kappa shape index (κ3) is 1.60. The van der Waals surface area contributed by atoms with Crippen LogP contribution in [0, 0.1) is 24.4 Å². The standard InChI is InChI=1S/C10H6F3NO/c1-5-4-8(14-15-5)6-2-3-7(11)10(13)9(6)12/h2-4H,1H3. The van der Waals surface area contributed by atoms with Crippen molar-refractivity contribution in [2.45, 2.75) is 6.92 Å². The van der Waals surface area contributed by atoms with Crippen molar-refractivity contribution in [2.24, 2.45) is 0 Å². The first-order chi connectivity index (χ1) is 7.09. The number of benzene rings is 1. The summed E-state index contributed by atoms with van der Waals surface area (Å²) in [4.78, 5) is 0. The number of aryl methyl sites for hydroxylation is 1. The molecule has 0 radical (unpaired) electrons. The SMILES string of the molecule is Cc1cc(-c2ccc(F)c(F)c2F)no1. The van der Waals surface area contributed by atoms with E-state index in [-0.39, 0.29) is 11.3 Å². The van der Waals surface area contributed by atoms with Crippen LogP contribution in [0.15, 0.2) is 22.7 Å². The van der Waals surface area contributed by atoms with E-state index < -0.39 is 17.5 Å². The summed E-state index contributed by atoms with van der Waals surface area (Å²) in [7, 11) is 0. The van der Waals surface area contributed by atoms with Gasteiger partial charge in [0.25, 0.3) is 0 Å². The molecule has 78 valence electrons. The van der Waals surface area contributed by atoms with Gasteiger partial charge in [-0.2, -0.15) is 0 Å². The fourth-order valence-electron chi connectivity index (χ4n) is 1.22. The molecule has 5 heteroatoms. The maximum Gasteiger partial charge on any atom is 0.195 e. The van der Waals surface area contributed by atoms with E-state index in [1.807, 2.05) is 0 Å². The fraction of sp³-hybridized carbons (Fsp3) is 0.100. The topological polar surface area (TPSA) is 26.0 Å². The molecule has 0 aliphatic rings. The summed E-state index contributed by atoms with van der Waals surface area (Å²) in [6.45, 7) is 1.62. The quantitative estimate of drug-likeness (QED) is 0.680. The molecule has 0 amide bonds. The second kappa shape index (κ2) is 3.42. The number of nitrogens with zero attached hydrogens (tertiary/aromatic N) is 1. The zero-order valence-electron chi connectivity index (χ0n) is 7.72. The van der Waals surface area contributed by atoms with Gasteiger partial charge in [0.15, 0.2) is 17.5 Å². The minimum Gasteiger partial charge on any atom is -0.361 e. The van der Waals surface area contributed by atoms with Crippen LogP contribution in [-0.4, -0.2) is 5.16 Å². The molecule has 0 atom stereocenters. The van der Waals surface area contributed by atoms with Crippen LogP contribution in [0.25, 0.3) is 11.3 Å². The van der Waals surface area contributed by atoms with Crippen molar-refractivity contribution in [3.8, 4) is 11.3 Å². The molecule has 0 aliphatic carbocycles. The average Bonchev–Trinajstić information content (AvgIpc) is 2.61. The van der Waals surface area contributed by atoms with Crippen molar-refractivity contribution < 1.29 is 17.7 Å². The Balaban J connectivity index is 2.59. The van der Waals surface area contributed by atoms with E-state index in [0.717, 1.165) is 12.1 Å². The molecule has 2 rings (SSSR count). The monoisotopic (exact) mass is 213 g/mol. The van der Waals surface area contributed by atoms with Crippen molar-refractivity contribution in [3.05, 3.63) is 41.4 Å². The minimum atomic E-state index is -1.51. The lowest BCUT2D eigenvalue weighted by atomic mass is 10.1. The molecular weight excluding hydrogens is 207 g/mol. The first-order valence-corrected chi connectivity index (χ1v) is 4.17. The van der Waals surface area contributed by atoms with Gasteiger partial charge in [-0.25, -0.2) is 13.2 Å². The predicted octanol–water partition coefficient (Wildman–Crippen LogP) is 3.07. The largest absolute Gasteiger partial charge is 0.361 e. The second-order valence-electron chi connectivity index (χ2n) is 3.05. The van der Waals surface area contributed by atoms with E-state index in [9.17, 15) is 13.2 Å². The maximum atomic E-state index is 13.3. The molecule has 0 aliphatic heterocycles. The Morgan fingerprint density at radius 1 is 1.13 bits per heavy atom. The molecule has 2 aromatic rings. The van der Waals surface area contributed by atoms with Gasteiger partial charge in [0.1, 0.15) is 11.5 Å². The third-order valence-corrected chi connectivity index (χ3v) is 1.94. The molecule has 1 aromatic carbocycles. The summed E-state index contributed by atoms with van der Waals surface area (Å²) in [5.74, 6) is -3.53. The highest BCUT2D eigenvalue weighted by Gasteiger charge is 2.16. The summed E-state index contributed by atoms with van der Waals surface area (Å²) in [5, 5.41) is 3.51. The molecule has 1 aromatic heterocycles. The van der Waals surface area contributed by atoms with Crippen LogP contribution in [0.3, 0.4) is 0 Å². The van der Waals surface area contributed by atoms with Crippen LogP contribution >= 0.6 is 0 Å². The number of halogens is 3. The number of aromatic nitrogens is 1. The van der Waals surface area contributed by atoms with Crippen LogP contribution in [0.2, 0.25) is 0 Å². The van der Waals surface area contributed by atoms with E-state index in [1.165, 1.54) is 6.07 Å². The molecule has 0 bridgehead atoms. The molecule has 0 spiro atoms. The van der Waals surface area contributed by atoms with Crippen molar-refractivity contribution in [2.75, 3.05) is 0 Å².